The number of pyridine rings is 1. The first-order valence-electron chi connectivity index (χ1n) is 6.40. The summed E-state index contributed by atoms with van der Waals surface area (Å²) < 4.78 is 0. The molecular formula is C13H15N5O2S. The molecule has 0 bridgehead atoms. The van der Waals surface area contributed by atoms with Gasteiger partial charge in [0.1, 0.15) is 5.01 Å². The molecule has 0 aliphatic rings. The highest BCUT2D eigenvalue weighted by Gasteiger charge is 2.09. The minimum absolute atomic E-state index is 0.104. The lowest BCUT2D eigenvalue weighted by atomic mass is 10.2. The molecule has 2 N–H and O–H groups in total. The topological polar surface area (TPSA) is 96.9 Å². The van der Waals surface area contributed by atoms with E-state index >= 15 is 0 Å². The molecule has 0 radical (unpaired) electrons. The summed E-state index contributed by atoms with van der Waals surface area (Å²) in [5.41, 5.74) is 0.777. The zero-order chi connectivity index (χ0) is 15.1. The van der Waals surface area contributed by atoms with Crippen molar-refractivity contribution in [1.29, 1.82) is 0 Å². The van der Waals surface area contributed by atoms with Crippen molar-refractivity contribution in [2.45, 2.75) is 26.3 Å². The van der Waals surface area contributed by atoms with Crippen molar-refractivity contribution in [2.24, 2.45) is 0 Å². The molecule has 0 fully saturated rings. The fourth-order valence-corrected chi connectivity index (χ4v) is 2.14. The zero-order valence-corrected chi connectivity index (χ0v) is 12.3. The number of nitrogens with one attached hydrogen (secondary N) is 2. The van der Waals surface area contributed by atoms with Crippen molar-refractivity contribution in [3.63, 3.8) is 0 Å². The van der Waals surface area contributed by atoms with E-state index in [-0.39, 0.29) is 24.7 Å². The van der Waals surface area contributed by atoms with Crippen LogP contribution in [0, 0.1) is 6.92 Å². The number of aryl methyl sites for hydroxylation is 1. The van der Waals surface area contributed by atoms with Crippen LogP contribution >= 0.6 is 11.3 Å². The molecule has 2 aromatic heterocycles. The van der Waals surface area contributed by atoms with E-state index in [1.165, 1.54) is 11.3 Å². The number of hydrogen-bond donors (Lipinski definition) is 2. The number of carbonyl (C=O) groups is 2. The van der Waals surface area contributed by atoms with Gasteiger partial charge in [0, 0.05) is 19.0 Å². The molecule has 0 aromatic carbocycles. The lowest BCUT2D eigenvalue weighted by molar-refractivity contribution is -0.124. The van der Waals surface area contributed by atoms with Gasteiger partial charge in [-0.15, -0.1) is 10.2 Å². The quantitative estimate of drug-likeness (QED) is 0.838. The van der Waals surface area contributed by atoms with Crippen molar-refractivity contribution in [3.05, 3.63) is 35.1 Å². The van der Waals surface area contributed by atoms with Gasteiger partial charge < -0.3 is 10.6 Å². The summed E-state index contributed by atoms with van der Waals surface area (Å²) >= 11 is 1.29. The summed E-state index contributed by atoms with van der Waals surface area (Å²) in [5.74, 6) is -0.441. The van der Waals surface area contributed by atoms with Crippen molar-refractivity contribution >= 4 is 28.3 Å². The van der Waals surface area contributed by atoms with Crippen LogP contribution in [0.3, 0.4) is 0 Å². The highest BCUT2D eigenvalue weighted by atomic mass is 32.1. The van der Waals surface area contributed by atoms with Crippen molar-refractivity contribution < 1.29 is 9.59 Å². The third-order valence-corrected chi connectivity index (χ3v) is 3.30. The molecule has 0 unspecified atom stereocenters. The SMILES string of the molecule is Cc1nnc(NC(=O)CCC(=O)NCc2ccccn2)s1. The van der Waals surface area contributed by atoms with Crippen LogP contribution in [0.2, 0.25) is 0 Å². The summed E-state index contributed by atoms with van der Waals surface area (Å²) in [6.45, 7) is 2.16. The number of anilines is 1. The van der Waals surface area contributed by atoms with E-state index in [1.54, 1.807) is 13.1 Å². The summed E-state index contributed by atoms with van der Waals surface area (Å²) in [6, 6.07) is 5.49. The standard InChI is InChI=1S/C13H15N5O2S/c1-9-17-18-13(21-9)16-12(20)6-5-11(19)15-8-10-4-2-3-7-14-10/h2-4,7H,5-6,8H2,1H3,(H,15,19)(H,16,18,20). The summed E-state index contributed by atoms with van der Waals surface area (Å²) in [4.78, 5) is 27.4. The number of hydrogen-bond acceptors (Lipinski definition) is 6. The second-order valence-electron chi connectivity index (χ2n) is 4.27. The maximum Gasteiger partial charge on any atom is 0.226 e. The Labute approximate surface area is 125 Å². The highest BCUT2D eigenvalue weighted by Crippen LogP contribution is 2.13. The zero-order valence-electron chi connectivity index (χ0n) is 11.5. The minimum Gasteiger partial charge on any atom is -0.350 e. The number of aromatic nitrogens is 3. The normalized spacial score (nSPS) is 10.1. The van der Waals surface area contributed by atoms with E-state index in [9.17, 15) is 9.59 Å². The van der Waals surface area contributed by atoms with Crippen LogP contribution in [0.5, 0.6) is 0 Å². The Balaban J connectivity index is 1.67. The molecule has 0 saturated heterocycles. The number of carbonyl (C=O) groups excluding carboxylic acids is 2. The fraction of sp³-hybridized carbons (Fsp3) is 0.308. The van der Waals surface area contributed by atoms with Crippen molar-refractivity contribution in [1.82, 2.24) is 20.5 Å². The Bertz CT molecular complexity index is 614. The molecule has 0 aliphatic carbocycles. The molecule has 0 aliphatic heterocycles. The monoisotopic (exact) mass is 305 g/mol. The van der Waals surface area contributed by atoms with Crippen LogP contribution < -0.4 is 10.6 Å². The van der Waals surface area contributed by atoms with Crippen LogP contribution in [-0.4, -0.2) is 27.0 Å². The van der Waals surface area contributed by atoms with E-state index in [2.05, 4.69) is 25.8 Å². The number of rotatable bonds is 6. The molecule has 8 heteroatoms. The highest BCUT2D eigenvalue weighted by molar-refractivity contribution is 7.15. The molecule has 2 rings (SSSR count). The molecular weight excluding hydrogens is 290 g/mol. The van der Waals surface area contributed by atoms with E-state index in [0.29, 0.717) is 11.7 Å². The van der Waals surface area contributed by atoms with Crippen molar-refractivity contribution in [2.75, 3.05) is 5.32 Å². The van der Waals surface area contributed by atoms with E-state index < -0.39 is 0 Å². The molecule has 2 heterocycles. The predicted molar refractivity (Wildman–Crippen MR) is 78.6 cm³/mol. The summed E-state index contributed by atoms with van der Waals surface area (Å²) in [7, 11) is 0. The van der Waals surface area contributed by atoms with Gasteiger partial charge in [-0.2, -0.15) is 0 Å². The molecule has 0 spiro atoms. The van der Waals surface area contributed by atoms with Crippen LogP contribution in [0.15, 0.2) is 24.4 Å². The van der Waals surface area contributed by atoms with Crippen LogP contribution in [0.1, 0.15) is 23.5 Å². The Morgan fingerprint density at radius 1 is 1.19 bits per heavy atom. The molecule has 2 aromatic rings. The van der Waals surface area contributed by atoms with Gasteiger partial charge in [-0.25, -0.2) is 0 Å². The van der Waals surface area contributed by atoms with Gasteiger partial charge in [0.15, 0.2) is 0 Å². The second kappa shape index (κ2) is 7.44. The maximum absolute atomic E-state index is 11.6. The number of amides is 2. The van der Waals surface area contributed by atoms with Gasteiger partial charge in [0.2, 0.25) is 16.9 Å². The van der Waals surface area contributed by atoms with Gasteiger partial charge in [-0.1, -0.05) is 17.4 Å². The Hall–Kier alpha value is -2.35. The van der Waals surface area contributed by atoms with Gasteiger partial charge in [-0.3, -0.25) is 14.6 Å². The van der Waals surface area contributed by atoms with E-state index in [0.717, 1.165) is 10.7 Å². The van der Waals surface area contributed by atoms with Gasteiger partial charge in [0.25, 0.3) is 0 Å². The van der Waals surface area contributed by atoms with E-state index in [1.807, 2.05) is 18.2 Å². The fourth-order valence-electron chi connectivity index (χ4n) is 1.54. The van der Waals surface area contributed by atoms with Crippen LogP contribution in [0.25, 0.3) is 0 Å². The largest absolute Gasteiger partial charge is 0.350 e. The Kier molecular flexibility index (Phi) is 5.33. The predicted octanol–water partition coefficient (Wildman–Crippen LogP) is 1.28. The third-order valence-electron chi connectivity index (χ3n) is 2.54. The Morgan fingerprint density at radius 3 is 2.67 bits per heavy atom. The number of nitrogens with zero attached hydrogens (tertiary/aromatic N) is 3. The van der Waals surface area contributed by atoms with Crippen molar-refractivity contribution in [3.8, 4) is 0 Å². The van der Waals surface area contributed by atoms with Crippen LogP contribution in [0.4, 0.5) is 5.13 Å². The molecule has 0 saturated carbocycles. The molecule has 2 amide bonds. The second-order valence-corrected chi connectivity index (χ2v) is 5.45. The minimum atomic E-state index is -0.251. The average molecular weight is 305 g/mol. The summed E-state index contributed by atoms with van der Waals surface area (Å²) in [6.07, 6.45) is 1.89. The van der Waals surface area contributed by atoms with Gasteiger partial charge in [-0.05, 0) is 19.1 Å². The first-order chi connectivity index (χ1) is 10.1. The first kappa shape index (κ1) is 15.0. The molecule has 7 nitrogen and oxygen atoms in total. The summed E-state index contributed by atoms with van der Waals surface area (Å²) in [5, 5.41) is 14.1. The average Bonchev–Trinajstić information content (AvgIpc) is 2.89. The smallest absolute Gasteiger partial charge is 0.226 e. The molecule has 21 heavy (non-hydrogen) atoms. The van der Waals surface area contributed by atoms with E-state index in [4.69, 9.17) is 0 Å². The molecule has 0 atom stereocenters. The lowest BCUT2D eigenvalue weighted by Gasteiger charge is -2.04. The first-order valence-corrected chi connectivity index (χ1v) is 7.21. The maximum atomic E-state index is 11.6. The lowest BCUT2D eigenvalue weighted by Crippen LogP contribution is -2.24. The van der Waals surface area contributed by atoms with Crippen LogP contribution in [-0.2, 0) is 16.1 Å². The van der Waals surface area contributed by atoms with Gasteiger partial charge >= 0.3 is 0 Å². The Morgan fingerprint density at radius 2 is 2.00 bits per heavy atom. The molecule has 110 valence electrons. The third kappa shape index (κ3) is 5.27. The van der Waals surface area contributed by atoms with Gasteiger partial charge in [0.05, 0.1) is 12.2 Å².